The van der Waals surface area contributed by atoms with Gasteiger partial charge in [0.1, 0.15) is 4.90 Å². The minimum atomic E-state index is -3.73. The lowest BCUT2D eigenvalue weighted by atomic mass is 10.2. The van der Waals surface area contributed by atoms with E-state index in [1.807, 2.05) is 0 Å². The molecule has 14 heavy (non-hydrogen) atoms. The van der Waals surface area contributed by atoms with Crippen molar-refractivity contribution < 1.29 is 8.42 Å². The Kier molecular flexibility index (Phi) is 1.94. The number of hydrogen-bond donors (Lipinski definition) is 1. The van der Waals surface area contributed by atoms with Crippen LogP contribution in [0, 0.1) is 0 Å². The molecular weight excluding hydrogens is 202 g/mol. The number of nitrogens with two attached hydrogens (primary N) is 1. The zero-order valence-electron chi connectivity index (χ0n) is 7.08. The minimum Gasteiger partial charge on any atom is -0.225 e. The molecule has 0 spiro atoms. The fourth-order valence-corrected chi connectivity index (χ4v) is 1.88. The number of rotatable bonds is 1. The second kappa shape index (κ2) is 3.00. The Morgan fingerprint density at radius 2 is 1.93 bits per heavy atom. The monoisotopic (exact) mass is 209 g/mol. The summed E-state index contributed by atoms with van der Waals surface area (Å²) in [6.45, 7) is 0. The van der Waals surface area contributed by atoms with Gasteiger partial charge in [0.05, 0.1) is 11.7 Å². The van der Waals surface area contributed by atoms with E-state index in [-0.39, 0.29) is 4.90 Å². The van der Waals surface area contributed by atoms with Crippen molar-refractivity contribution in [3.05, 3.63) is 30.5 Å². The van der Waals surface area contributed by atoms with Crippen LogP contribution >= 0.6 is 0 Å². The van der Waals surface area contributed by atoms with Crippen LogP contribution in [0.3, 0.4) is 0 Å². The summed E-state index contributed by atoms with van der Waals surface area (Å²) >= 11 is 0. The Labute approximate surface area is 80.6 Å². The van der Waals surface area contributed by atoms with Crippen LogP contribution in [0.15, 0.2) is 35.4 Å². The molecule has 0 radical (unpaired) electrons. The fourth-order valence-electron chi connectivity index (χ4n) is 1.21. The van der Waals surface area contributed by atoms with Crippen LogP contribution in [0.1, 0.15) is 0 Å². The maximum absolute atomic E-state index is 11.2. The molecule has 2 aromatic rings. The Morgan fingerprint density at radius 3 is 2.64 bits per heavy atom. The third-order valence-corrected chi connectivity index (χ3v) is 2.75. The Hall–Kier alpha value is -1.53. The highest BCUT2D eigenvalue weighted by molar-refractivity contribution is 7.89. The summed E-state index contributed by atoms with van der Waals surface area (Å²) in [6, 6.07) is 6.80. The number of benzene rings is 1. The van der Waals surface area contributed by atoms with Gasteiger partial charge < -0.3 is 0 Å². The van der Waals surface area contributed by atoms with Crippen LogP contribution in [0.5, 0.6) is 0 Å². The molecule has 0 saturated heterocycles. The predicted molar refractivity (Wildman–Crippen MR) is 50.9 cm³/mol. The highest BCUT2D eigenvalue weighted by Gasteiger charge is 2.12. The molecule has 72 valence electrons. The van der Waals surface area contributed by atoms with Gasteiger partial charge in [-0.2, -0.15) is 10.2 Å². The molecule has 1 heterocycles. The van der Waals surface area contributed by atoms with E-state index in [0.717, 1.165) is 6.20 Å². The molecule has 0 amide bonds. The normalized spacial score (nSPS) is 11.8. The number of primary sulfonamides is 1. The second-order valence-electron chi connectivity index (χ2n) is 2.77. The zero-order valence-corrected chi connectivity index (χ0v) is 7.90. The standard InChI is InChI=1S/C8H7N3O2S/c9-14(12,13)8-5-10-11-7-4-2-1-3-6(7)8/h1-5H,(H2,9,12,13). The average molecular weight is 209 g/mol. The molecule has 0 unspecified atom stereocenters. The number of fused-ring (bicyclic) bond motifs is 1. The maximum Gasteiger partial charge on any atom is 0.240 e. The van der Waals surface area contributed by atoms with Crippen molar-refractivity contribution in [1.29, 1.82) is 0 Å². The summed E-state index contributed by atoms with van der Waals surface area (Å²) in [4.78, 5) is 0.00287. The first-order valence-corrected chi connectivity index (χ1v) is 5.37. The van der Waals surface area contributed by atoms with Gasteiger partial charge in [0.15, 0.2) is 0 Å². The van der Waals surface area contributed by atoms with E-state index in [1.165, 1.54) is 0 Å². The van der Waals surface area contributed by atoms with Crippen molar-refractivity contribution in [2.75, 3.05) is 0 Å². The summed E-state index contributed by atoms with van der Waals surface area (Å²) in [7, 11) is -3.73. The van der Waals surface area contributed by atoms with Crippen LogP contribution < -0.4 is 5.14 Å². The van der Waals surface area contributed by atoms with Crippen molar-refractivity contribution in [2.24, 2.45) is 5.14 Å². The van der Waals surface area contributed by atoms with Crippen molar-refractivity contribution in [3.8, 4) is 0 Å². The topological polar surface area (TPSA) is 85.9 Å². The lowest BCUT2D eigenvalue weighted by molar-refractivity contribution is 0.598. The first-order chi connectivity index (χ1) is 6.59. The Bertz CT molecular complexity index is 575. The molecule has 0 saturated carbocycles. The highest BCUT2D eigenvalue weighted by atomic mass is 32.2. The van der Waals surface area contributed by atoms with Gasteiger partial charge in [0.2, 0.25) is 10.0 Å². The van der Waals surface area contributed by atoms with E-state index < -0.39 is 10.0 Å². The van der Waals surface area contributed by atoms with E-state index in [2.05, 4.69) is 10.2 Å². The molecule has 5 nitrogen and oxygen atoms in total. The van der Waals surface area contributed by atoms with E-state index in [4.69, 9.17) is 5.14 Å². The van der Waals surface area contributed by atoms with Gasteiger partial charge in [-0.25, -0.2) is 13.6 Å². The molecule has 2 N–H and O–H groups in total. The number of hydrogen-bond acceptors (Lipinski definition) is 4. The van der Waals surface area contributed by atoms with Crippen LogP contribution in [0.2, 0.25) is 0 Å². The number of sulfonamides is 1. The molecule has 0 aliphatic carbocycles. The zero-order chi connectivity index (χ0) is 10.2. The summed E-state index contributed by atoms with van der Waals surface area (Å²) in [5, 5.41) is 12.9. The van der Waals surface area contributed by atoms with Gasteiger partial charge in [-0.05, 0) is 6.07 Å². The lowest BCUT2D eigenvalue weighted by Crippen LogP contribution is -2.13. The van der Waals surface area contributed by atoms with Gasteiger partial charge in [-0.3, -0.25) is 0 Å². The molecule has 0 aliphatic rings. The van der Waals surface area contributed by atoms with Gasteiger partial charge in [0, 0.05) is 5.39 Å². The molecule has 0 aliphatic heterocycles. The lowest BCUT2D eigenvalue weighted by Gasteiger charge is -2.01. The third-order valence-electron chi connectivity index (χ3n) is 1.82. The molecule has 2 rings (SSSR count). The molecule has 6 heteroatoms. The van der Waals surface area contributed by atoms with E-state index in [9.17, 15) is 8.42 Å². The molecule has 0 fully saturated rings. The van der Waals surface area contributed by atoms with E-state index >= 15 is 0 Å². The number of nitrogens with zero attached hydrogens (tertiary/aromatic N) is 2. The molecule has 0 atom stereocenters. The largest absolute Gasteiger partial charge is 0.240 e. The second-order valence-corrected chi connectivity index (χ2v) is 4.30. The summed E-state index contributed by atoms with van der Waals surface area (Å²) in [5.74, 6) is 0. The molecular formula is C8H7N3O2S. The molecule has 1 aromatic carbocycles. The predicted octanol–water partition coefficient (Wildman–Crippen LogP) is 0.277. The van der Waals surface area contributed by atoms with Crippen LogP contribution in [0.4, 0.5) is 0 Å². The van der Waals surface area contributed by atoms with Crippen molar-refractivity contribution in [3.63, 3.8) is 0 Å². The number of aromatic nitrogens is 2. The van der Waals surface area contributed by atoms with Crippen LogP contribution in [-0.4, -0.2) is 18.6 Å². The fraction of sp³-hybridized carbons (Fsp3) is 0. The minimum absolute atomic E-state index is 0.00287. The van der Waals surface area contributed by atoms with Crippen molar-refractivity contribution in [1.82, 2.24) is 10.2 Å². The van der Waals surface area contributed by atoms with Gasteiger partial charge in [-0.1, -0.05) is 18.2 Å². The summed E-state index contributed by atoms with van der Waals surface area (Å²) in [5.41, 5.74) is 0.513. The Balaban J connectivity index is 2.92. The quantitative estimate of drug-likeness (QED) is 0.730. The van der Waals surface area contributed by atoms with Crippen molar-refractivity contribution in [2.45, 2.75) is 4.90 Å². The SMILES string of the molecule is NS(=O)(=O)c1cnnc2ccccc12. The van der Waals surface area contributed by atoms with Gasteiger partial charge >= 0.3 is 0 Å². The highest BCUT2D eigenvalue weighted by Crippen LogP contribution is 2.17. The van der Waals surface area contributed by atoms with Crippen LogP contribution in [0.25, 0.3) is 10.9 Å². The molecule has 1 aromatic heterocycles. The maximum atomic E-state index is 11.2. The van der Waals surface area contributed by atoms with Crippen LogP contribution in [-0.2, 0) is 10.0 Å². The van der Waals surface area contributed by atoms with E-state index in [0.29, 0.717) is 10.9 Å². The first-order valence-electron chi connectivity index (χ1n) is 3.82. The summed E-state index contributed by atoms with van der Waals surface area (Å²) in [6.07, 6.45) is 1.15. The smallest absolute Gasteiger partial charge is 0.225 e. The Morgan fingerprint density at radius 1 is 1.21 bits per heavy atom. The third kappa shape index (κ3) is 1.45. The van der Waals surface area contributed by atoms with Gasteiger partial charge in [0.25, 0.3) is 0 Å². The van der Waals surface area contributed by atoms with Crippen molar-refractivity contribution >= 4 is 20.9 Å². The molecule has 0 bridgehead atoms. The van der Waals surface area contributed by atoms with E-state index in [1.54, 1.807) is 24.3 Å². The first kappa shape index (κ1) is 9.04. The summed E-state index contributed by atoms with van der Waals surface area (Å²) < 4.78 is 22.3. The average Bonchev–Trinajstić information content (AvgIpc) is 2.15. The van der Waals surface area contributed by atoms with Gasteiger partial charge in [-0.15, -0.1) is 0 Å².